The smallest absolute Gasteiger partial charge is 0.128 e. The van der Waals surface area contributed by atoms with E-state index in [-0.39, 0.29) is 0 Å². The van der Waals surface area contributed by atoms with Crippen molar-refractivity contribution < 1.29 is 9.47 Å². The highest BCUT2D eigenvalue weighted by molar-refractivity contribution is 5.70. The number of hydrogen-bond acceptors (Lipinski definition) is 3. The number of benzene rings is 1. The summed E-state index contributed by atoms with van der Waals surface area (Å²) in [6, 6.07) is 7.99. The summed E-state index contributed by atoms with van der Waals surface area (Å²) >= 11 is 0. The number of ether oxygens (including phenoxy) is 2. The van der Waals surface area contributed by atoms with Crippen molar-refractivity contribution in [2.45, 2.75) is 20.0 Å². The monoisotopic (exact) mass is 244 g/mol. The minimum atomic E-state index is 0.627. The average molecular weight is 244 g/mol. The van der Waals surface area contributed by atoms with Crippen molar-refractivity contribution >= 4 is 0 Å². The summed E-state index contributed by atoms with van der Waals surface area (Å²) in [4.78, 5) is 0. The van der Waals surface area contributed by atoms with Crippen LogP contribution in [0, 0.1) is 0 Å². The number of para-hydroxylation sites is 1. The molecule has 1 aromatic carbocycles. The molecule has 0 bridgehead atoms. The van der Waals surface area contributed by atoms with Crippen molar-refractivity contribution in [1.82, 2.24) is 10.2 Å². The largest absolute Gasteiger partial charge is 0.493 e. The molecule has 1 aromatic heterocycles. The number of hydrogen-bond donors (Lipinski definition) is 1. The van der Waals surface area contributed by atoms with E-state index in [1.807, 2.05) is 31.2 Å². The molecular weight excluding hydrogens is 228 g/mol. The van der Waals surface area contributed by atoms with Crippen LogP contribution in [-0.4, -0.2) is 23.4 Å². The third-order valence-electron chi connectivity index (χ3n) is 3.14. The van der Waals surface area contributed by atoms with Gasteiger partial charge >= 0.3 is 0 Å². The summed E-state index contributed by atoms with van der Waals surface area (Å²) < 4.78 is 11.2. The van der Waals surface area contributed by atoms with Gasteiger partial charge in [-0.1, -0.05) is 12.1 Å². The van der Waals surface area contributed by atoms with Gasteiger partial charge in [-0.3, -0.25) is 5.10 Å². The van der Waals surface area contributed by atoms with Crippen LogP contribution in [0.25, 0.3) is 11.3 Å². The van der Waals surface area contributed by atoms with Gasteiger partial charge in [0, 0.05) is 23.2 Å². The number of nitrogens with zero attached hydrogens (tertiary/aromatic N) is 1. The number of nitrogens with one attached hydrogen (secondary N) is 1. The molecule has 0 amide bonds. The molecule has 2 aromatic rings. The first-order chi connectivity index (χ1) is 8.90. The molecular formula is C14H16N2O2. The van der Waals surface area contributed by atoms with E-state index in [0.717, 1.165) is 35.6 Å². The molecule has 94 valence electrons. The van der Waals surface area contributed by atoms with Gasteiger partial charge in [-0.05, 0) is 19.1 Å². The van der Waals surface area contributed by atoms with Crippen LogP contribution >= 0.6 is 0 Å². The van der Waals surface area contributed by atoms with E-state index in [4.69, 9.17) is 9.47 Å². The van der Waals surface area contributed by atoms with Crippen LogP contribution < -0.4 is 4.74 Å². The van der Waals surface area contributed by atoms with Crippen molar-refractivity contribution in [1.29, 1.82) is 0 Å². The zero-order chi connectivity index (χ0) is 12.4. The summed E-state index contributed by atoms with van der Waals surface area (Å²) in [5.74, 6) is 0.875. The third-order valence-corrected chi connectivity index (χ3v) is 3.14. The highest BCUT2D eigenvalue weighted by Gasteiger charge is 2.20. The summed E-state index contributed by atoms with van der Waals surface area (Å²) in [6.45, 7) is 4.03. The number of H-pyrrole nitrogens is 1. The molecule has 0 atom stereocenters. The Bertz CT molecular complexity index is 548. The molecule has 3 rings (SSSR count). The number of rotatable bonds is 3. The summed E-state index contributed by atoms with van der Waals surface area (Å²) in [5.41, 5.74) is 4.33. The Hall–Kier alpha value is -1.81. The maximum atomic E-state index is 5.66. The fourth-order valence-electron chi connectivity index (χ4n) is 2.28. The van der Waals surface area contributed by atoms with Crippen LogP contribution in [0.5, 0.6) is 5.75 Å². The van der Waals surface area contributed by atoms with Crippen molar-refractivity contribution in [3.63, 3.8) is 0 Å². The van der Waals surface area contributed by atoms with E-state index in [9.17, 15) is 0 Å². The summed E-state index contributed by atoms with van der Waals surface area (Å²) in [7, 11) is 0. The van der Waals surface area contributed by atoms with Gasteiger partial charge in [0.15, 0.2) is 0 Å². The van der Waals surface area contributed by atoms with Gasteiger partial charge in [0.25, 0.3) is 0 Å². The summed E-state index contributed by atoms with van der Waals surface area (Å²) in [5, 5.41) is 7.53. The molecule has 1 aliphatic rings. The van der Waals surface area contributed by atoms with Crippen LogP contribution in [0.3, 0.4) is 0 Å². The van der Waals surface area contributed by atoms with Gasteiger partial charge in [-0.15, -0.1) is 0 Å². The lowest BCUT2D eigenvalue weighted by atomic mass is 10.0. The van der Waals surface area contributed by atoms with Gasteiger partial charge in [0.1, 0.15) is 11.4 Å². The van der Waals surface area contributed by atoms with Crippen molar-refractivity contribution in [3.05, 3.63) is 35.5 Å². The molecule has 0 aliphatic carbocycles. The van der Waals surface area contributed by atoms with Crippen molar-refractivity contribution in [2.75, 3.05) is 13.2 Å². The van der Waals surface area contributed by atoms with Gasteiger partial charge in [0.2, 0.25) is 0 Å². The average Bonchev–Trinajstić information content (AvgIpc) is 2.84. The topological polar surface area (TPSA) is 47.1 Å². The predicted octanol–water partition coefficient (Wildman–Crippen LogP) is 2.55. The SMILES string of the molecule is CCOc1ccccc1-c1n[nH]c2c1COCC2. The molecule has 18 heavy (non-hydrogen) atoms. The molecule has 1 N–H and O–H groups in total. The standard InChI is InChI=1S/C14H16N2O2/c1-2-18-13-6-4-3-5-10(13)14-11-9-17-8-7-12(11)15-16-14/h3-6H,2,7-9H2,1H3,(H,15,16). The molecule has 2 heterocycles. The Morgan fingerprint density at radius 3 is 3.17 bits per heavy atom. The van der Waals surface area contributed by atoms with E-state index in [1.165, 1.54) is 5.69 Å². The maximum absolute atomic E-state index is 5.66. The lowest BCUT2D eigenvalue weighted by Crippen LogP contribution is -2.09. The first-order valence-corrected chi connectivity index (χ1v) is 6.26. The molecule has 4 nitrogen and oxygen atoms in total. The van der Waals surface area contributed by atoms with Crippen LogP contribution in [0.15, 0.2) is 24.3 Å². The highest BCUT2D eigenvalue weighted by Crippen LogP contribution is 2.33. The van der Waals surface area contributed by atoms with E-state index in [2.05, 4.69) is 10.2 Å². The quantitative estimate of drug-likeness (QED) is 0.902. The van der Waals surface area contributed by atoms with Crippen LogP contribution in [0.1, 0.15) is 18.2 Å². The minimum Gasteiger partial charge on any atom is -0.493 e. The number of aromatic amines is 1. The molecule has 0 saturated carbocycles. The number of fused-ring (bicyclic) bond motifs is 1. The Morgan fingerprint density at radius 1 is 1.39 bits per heavy atom. The molecule has 0 spiro atoms. The molecule has 4 heteroatoms. The fraction of sp³-hybridized carbons (Fsp3) is 0.357. The predicted molar refractivity (Wildman–Crippen MR) is 68.6 cm³/mol. The Morgan fingerprint density at radius 2 is 2.28 bits per heavy atom. The first kappa shape index (κ1) is 11.3. The number of aromatic nitrogens is 2. The van der Waals surface area contributed by atoms with Gasteiger partial charge in [0.05, 0.1) is 19.8 Å². The van der Waals surface area contributed by atoms with Crippen LogP contribution in [0.4, 0.5) is 0 Å². The van der Waals surface area contributed by atoms with Gasteiger partial charge < -0.3 is 9.47 Å². The molecule has 0 saturated heterocycles. The van der Waals surface area contributed by atoms with E-state index in [0.29, 0.717) is 13.2 Å². The van der Waals surface area contributed by atoms with E-state index in [1.54, 1.807) is 0 Å². The van der Waals surface area contributed by atoms with E-state index < -0.39 is 0 Å². The molecule has 0 fully saturated rings. The molecule has 0 radical (unpaired) electrons. The van der Waals surface area contributed by atoms with E-state index >= 15 is 0 Å². The highest BCUT2D eigenvalue weighted by atomic mass is 16.5. The Kier molecular flexibility index (Phi) is 3.02. The van der Waals surface area contributed by atoms with Gasteiger partial charge in [-0.25, -0.2) is 0 Å². The minimum absolute atomic E-state index is 0.627. The van der Waals surface area contributed by atoms with Crippen LogP contribution in [0.2, 0.25) is 0 Å². The zero-order valence-electron chi connectivity index (χ0n) is 10.4. The Balaban J connectivity index is 2.07. The lowest BCUT2D eigenvalue weighted by molar-refractivity contribution is 0.110. The summed E-state index contributed by atoms with van der Waals surface area (Å²) in [6.07, 6.45) is 0.902. The molecule has 1 aliphatic heterocycles. The maximum Gasteiger partial charge on any atom is 0.128 e. The first-order valence-electron chi connectivity index (χ1n) is 6.26. The second kappa shape index (κ2) is 4.82. The Labute approximate surface area is 106 Å². The van der Waals surface area contributed by atoms with Crippen molar-refractivity contribution in [3.8, 4) is 17.0 Å². The second-order valence-corrected chi connectivity index (χ2v) is 4.26. The van der Waals surface area contributed by atoms with Crippen LogP contribution in [-0.2, 0) is 17.8 Å². The third kappa shape index (κ3) is 1.88. The zero-order valence-corrected chi connectivity index (χ0v) is 10.4. The second-order valence-electron chi connectivity index (χ2n) is 4.26. The van der Waals surface area contributed by atoms with Crippen molar-refractivity contribution in [2.24, 2.45) is 0 Å². The fourth-order valence-corrected chi connectivity index (χ4v) is 2.28. The molecule has 0 unspecified atom stereocenters. The lowest BCUT2D eigenvalue weighted by Gasteiger charge is -2.14. The normalized spacial score (nSPS) is 14.3. The van der Waals surface area contributed by atoms with Gasteiger partial charge in [-0.2, -0.15) is 5.10 Å².